The van der Waals surface area contributed by atoms with Crippen molar-refractivity contribution in [1.29, 1.82) is 0 Å². The summed E-state index contributed by atoms with van der Waals surface area (Å²) in [6.07, 6.45) is 0. The molecule has 5 heteroatoms. The summed E-state index contributed by atoms with van der Waals surface area (Å²) in [5.41, 5.74) is 0.435. The van der Waals surface area contributed by atoms with E-state index < -0.39 is 4.92 Å². The minimum Gasteiger partial charge on any atom is -0.392 e. The fourth-order valence-corrected chi connectivity index (χ4v) is 1.03. The van der Waals surface area contributed by atoms with Gasteiger partial charge in [0.15, 0.2) is 0 Å². The van der Waals surface area contributed by atoms with Gasteiger partial charge in [-0.05, 0) is 11.6 Å². The van der Waals surface area contributed by atoms with E-state index in [1.807, 2.05) is 0 Å². The van der Waals surface area contributed by atoms with Crippen molar-refractivity contribution in [3.05, 3.63) is 33.9 Å². The van der Waals surface area contributed by atoms with E-state index >= 15 is 0 Å². The largest absolute Gasteiger partial charge is 0.392 e. The molecule has 64 valence electrons. The number of benzene rings is 1. The number of hydrogen-bond donors (Lipinski definition) is 2. The normalized spacial score (nSPS) is 9.83. The topological polar surface area (TPSA) is 63.4 Å². The predicted octanol–water partition coefficient (Wildman–Crippen LogP) is 1.38. The van der Waals surface area contributed by atoms with Crippen LogP contribution in [0.3, 0.4) is 0 Å². The second kappa shape index (κ2) is 3.55. The third-order valence-electron chi connectivity index (χ3n) is 1.42. The number of nitro benzene ring substituents is 1. The molecule has 1 aromatic carbocycles. The minimum absolute atomic E-state index is 0.0788. The Morgan fingerprint density at radius 2 is 2.25 bits per heavy atom. The third-order valence-corrected chi connectivity index (χ3v) is 1.80. The highest BCUT2D eigenvalue weighted by Crippen LogP contribution is 2.23. The number of thiol groups is 1. The van der Waals surface area contributed by atoms with Gasteiger partial charge in [-0.25, -0.2) is 0 Å². The van der Waals surface area contributed by atoms with Gasteiger partial charge in [-0.3, -0.25) is 10.1 Å². The molecule has 0 unspecified atom stereocenters. The zero-order valence-corrected chi connectivity index (χ0v) is 6.99. The highest BCUT2D eigenvalue weighted by Gasteiger charge is 2.10. The fraction of sp³-hybridized carbons (Fsp3) is 0.143. The van der Waals surface area contributed by atoms with Crippen molar-refractivity contribution < 1.29 is 10.0 Å². The summed E-state index contributed by atoms with van der Waals surface area (Å²) >= 11 is 3.90. The Morgan fingerprint density at radius 3 is 2.75 bits per heavy atom. The minimum atomic E-state index is -0.526. The van der Waals surface area contributed by atoms with Gasteiger partial charge >= 0.3 is 0 Å². The molecule has 0 spiro atoms. The van der Waals surface area contributed by atoms with Crippen molar-refractivity contribution in [2.45, 2.75) is 11.5 Å². The van der Waals surface area contributed by atoms with Gasteiger partial charge in [-0.2, -0.15) is 0 Å². The Morgan fingerprint density at radius 1 is 1.58 bits per heavy atom. The molecule has 1 N–H and O–H groups in total. The van der Waals surface area contributed by atoms with Crippen LogP contribution in [0.25, 0.3) is 0 Å². The van der Waals surface area contributed by atoms with Gasteiger partial charge in [-0.1, -0.05) is 6.07 Å². The molecule has 0 fully saturated rings. The first-order valence-electron chi connectivity index (χ1n) is 3.22. The number of hydrogen-bond acceptors (Lipinski definition) is 4. The van der Waals surface area contributed by atoms with E-state index in [2.05, 4.69) is 12.6 Å². The lowest BCUT2D eigenvalue weighted by Gasteiger charge is -1.98. The molecule has 12 heavy (non-hydrogen) atoms. The van der Waals surface area contributed by atoms with Crippen molar-refractivity contribution in [2.24, 2.45) is 0 Å². The highest BCUT2D eigenvalue weighted by molar-refractivity contribution is 7.80. The van der Waals surface area contributed by atoms with Crippen molar-refractivity contribution in [2.75, 3.05) is 0 Å². The van der Waals surface area contributed by atoms with Gasteiger partial charge in [0.25, 0.3) is 5.69 Å². The lowest BCUT2D eigenvalue weighted by Crippen LogP contribution is -1.92. The molecule has 0 radical (unpaired) electrons. The zero-order valence-electron chi connectivity index (χ0n) is 6.10. The van der Waals surface area contributed by atoms with Gasteiger partial charge in [-0.15, -0.1) is 12.6 Å². The quantitative estimate of drug-likeness (QED) is 0.415. The third kappa shape index (κ3) is 1.75. The molecule has 4 nitrogen and oxygen atoms in total. The first-order valence-corrected chi connectivity index (χ1v) is 3.67. The maximum atomic E-state index is 10.4. The van der Waals surface area contributed by atoms with Crippen LogP contribution in [0, 0.1) is 10.1 Å². The van der Waals surface area contributed by atoms with Crippen LogP contribution in [0.5, 0.6) is 0 Å². The van der Waals surface area contributed by atoms with E-state index in [0.29, 0.717) is 10.5 Å². The summed E-state index contributed by atoms with van der Waals surface area (Å²) in [6.45, 7) is -0.200. The number of aliphatic hydroxyl groups is 1. The van der Waals surface area contributed by atoms with Crippen molar-refractivity contribution >= 4 is 18.3 Å². The second-order valence-electron chi connectivity index (χ2n) is 2.24. The first-order chi connectivity index (χ1) is 5.65. The van der Waals surface area contributed by atoms with E-state index in [-0.39, 0.29) is 12.3 Å². The van der Waals surface area contributed by atoms with Crippen LogP contribution in [0.2, 0.25) is 0 Å². The molecule has 0 aliphatic heterocycles. The zero-order chi connectivity index (χ0) is 9.14. The Kier molecular flexibility index (Phi) is 2.67. The molecule has 0 saturated carbocycles. The van der Waals surface area contributed by atoms with E-state index in [9.17, 15) is 10.1 Å². The smallest absolute Gasteiger partial charge is 0.282 e. The van der Waals surface area contributed by atoms with Crippen LogP contribution in [0.1, 0.15) is 5.56 Å². The fourth-order valence-electron chi connectivity index (χ4n) is 0.814. The Balaban J connectivity index is 3.17. The number of nitrogens with zero attached hydrogens (tertiary/aromatic N) is 1. The van der Waals surface area contributed by atoms with Crippen LogP contribution >= 0.6 is 12.6 Å². The average molecular weight is 185 g/mol. The van der Waals surface area contributed by atoms with Crippen LogP contribution in [-0.2, 0) is 6.61 Å². The lowest BCUT2D eigenvalue weighted by molar-refractivity contribution is -0.387. The van der Waals surface area contributed by atoms with E-state index in [1.165, 1.54) is 12.1 Å². The molecule has 0 aromatic heterocycles. The van der Waals surface area contributed by atoms with Crippen molar-refractivity contribution in [1.82, 2.24) is 0 Å². The van der Waals surface area contributed by atoms with E-state index in [4.69, 9.17) is 5.11 Å². The van der Waals surface area contributed by atoms with Gasteiger partial charge in [0.05, 0.1) is 16.4 Å². The van der Waals surface area contributed by atoms with Crippen LogP contribution in [0.15, 0.2) is 23.1 Å². The number of rotatable bonds is 2. The Labute approximate surface area is 74.4 Å². The molecule has 0 saturated heterocycles. The number of nitro groups is 1. The monoisotopic (exact) mass is 185 g/mol. The van der Waals surface area contributed by atoms with Crippen LogP contribution in [-0.4, -0.2) is 10.0 Å². The van der Waals surface area contributed by atoms with Gasteiger partial charge < -0.3 is 5.11 Å². The van der Waals surface area contributed by atoms with Crippen LogP contribution < -0.4 is 0 Å². The maximum absolute atomic E-state index is 10.4. The molecule has 0 heterocycles. The molecule has 1 aromatic rings. The SMILES string of the molecule is O=[N+]([O-])c1cc(CO)ccc1S. The standard InChI is InChI=1S/C7H7NO3S/c9-4-5-1-2-7(12)6(3-5)8(10)11/h1-3,9,12H,4H2. The lowest BCUT2D eigenvalue weighted by atomic mass is 10.2. The van der Waals surface area contributed by atoms with Gasteiger partial charge in [0.2, 0.25) is 0 Å². The summed E-state index contributed by atoms with van der Waals surface area (Å²) in [4.78, 5) is 10.1. The number of aliphatic hydroxyl groups excluding tert-OH is 1. The molecule has 0 bridgehead atoms. The Bertz CT molecular complexity index is 314. The van der Waals surface area contributed by atoms with Crippen LogP contribution in [0.4, 0.5) is 5.69 Å². The maximum Gasteiger partial charge on any atom is 0.282 e. The average Bonchev–Trinajstić information content (AvgIpc) is 2.05. The van der Waals surface area contributed by atoms with Gasteiger partial charge in [0.1, 0.15) is 0 Å². The molecule has 0 aliphatic carbocycles. The molecular weight excluding hydrogens is 178 g/mol. The first kappa shape index (κ1) is 9.02. The van der Waals surface area contributed by atoms with Crippen molar-refractivity contribution in [3.8, 4) is 0 Å². The summed E-state index contributed by atoms with van der Waals surface area (Å²) < 4.78 is 0. The second-order valence-corrected chi connectivity index (χ2v) is 2.72. The summed E-state index contributed by atoms with van der Waals surface area (Å²) in [5, 5.41) is 19.1. The Hall–Kier alpha value is -1.07. The summed E-state index contributed by atoms with van der Waals surface area (Å²) in [6, 6.07) is 4.39. The molecule has 0 aliphatic rings. The molecular formula is C7H7NO3S. The molecule has 1 rings (SSSR count). The predicted molar refractivity (Wildman–Crippen MR) is 46.3 cm³/mol. The molecule has 0 amide bonds. The van der Waals surface area contributed by atoms with E-state index in [1.54, 1.807) is 6.07 Å². The molecule has 0 atom stereocenters. The highest BCUT2D eigenvalue weighted by atomic mass is 32.1. The van der Waals surface area contributed by atoms with Gasteiger partial charge in [0, 0.05) is 6.07 Å². The van der Waals surface area contributed by atoms with Crippen molar-refractivity contribution in [3.63, 3.8) is 0 Å². The van der Waals surface area contributed by atoms with E-state index in [0.717, 1.165) is 0 Å². The summed E-state index contributed by atoms with van der Waals surface area (Å²) in [5.74, 6) is 0. The summed E-state index contributed by atoms with van der Waals surface area (Å²) in [7, 11) is 0.